The number of benzene rings is 2. The predicted molar refractivity (Wildman–Crippen MR) is 99.3 cm³/mol. The third-order valence-electron chi connectivity index (χ3n) is 5.96. The van der Waals surface area contributed by atoms with Crippen LogP contribution in [0.1, 0.15) is 43.2 Å². The zero-order valence-corrected chi connectivity index (χ0v) is 15.8. The van der Waals surface area contributed by atoms with Crippen LogP contribution in [0.5, 0.6) is 0 Å². The van der Waals surface area contributed by atoms with Gasteiger partial charge in [0, 0.05) is 30.5 Å². The number of halogens is 3. The molecule has 154 valence electrons. The van der Waals surface area contributed by atoms with E-state index in [2.05, 4.69) is 0 Å². The highest BCUT2D eigenvalue weighted by atomic mass is 19.2. The molecular weight excluding hydrogens is 383 g/mol. The molecule has 2 atom stereocenters. The highest BCUT2D eigenvalue weighted by molar-refractivity contribution is 5.69. The number of carbonyl (C=O) groups excluding carboxylic acids is 1. The Hall–Kier alpha value is -2.54. The molecule has 29 heavy (non-hydrogen) atoms. The van der Waals surface area contributed by atoms with Gasteiger partial charge >= 0.3 is 6.09 Å². The lowest BCUT2D eigenvalue weighted by Gasteiger charge is -2.51. The van der Waals surface area contributed by atoms with Crippen LogP contribution in [0.4, 0.5) is 18.0 Å². The van der Waals surface area contributed by atoms with E-state index in [1.54, 1.807) is 4.90 Å². The second-order valence-electron chi connectivity index (χ2n) is 7.85. The van der Waals surface area contributed by atoms with Crippen molar-refractivity contribution in [2.24, 2.45) is 0 Å². The van der Waals surface area contributed by atoms with Gasteiger partial charge in [0.15, 0.2) is 17.5 Å². The summed E-state index contributed by atoms with van der Waals surface area (Å²) in [7, 11) is 0. The number of amides is 1. The summed E-state index contributed by atoms with van der Waals surface area (Å²) < 4.78 is 46.8. The van der Waals surface area contributed by atoms with Gasteiger partial charge in [0.1, 0.15) is 6.61 Å². The number of rotatable bonds is 3. The monoisotopic (exact) mass is 405 g/mol. The molecule has 0 aliphatic carbocycles. The van der Waals surface area contributed by atoms with Gasteiger partial charge < -0.3 is 14.7 Å². The van der Waals surface area contributed by atoms with Crippen LogP contribution in [0.2, 0.25) is 0 Å². The summed E-state index contributed by atoms with van der Waals surface area (Å²) in [6.45, 7) is 0.137. The molecular formula is C22H22F3NO3. The molecule has 0 aromatic heterocycles. The first-order chi connectivity index (χ1) is 13.9. The van der Waals surface area contributed by atoms with Crippen molar-refractivity contribution in [3.05, 3.63) is 71.0 Å². The second-order valence-corrected chi connectivity index (χ2v) is 7.85. The van der Waals surface area contributed by atoms with E-state index in [4.69, 9.17) is 4.74 Å². The molecule has 2 heterocycles. The van der Waals surface area contributed by atoms with Crippen molar-refractivity contribution in [3.63, 3.8) is 0 Å². The van der Waals surface area contributed by atoms with Crippen LogP contribution in [0.15, 0.2) is 42.5 Å². The first-order valence-electron chi connectivity index (χ1n) is 9.74. The Morgan fingerprint density at radius 3 is 2.34 bits per heavy atom. The lowest BCUT2D eigenvalue weighted by Crippen LogP contribution is -2.59. The number of hydrogen-bond donors (Lipinski definition) is 1. The van der Waals surface area contributed by atoms with E-state index in [-0.39, 0.29) is 37.1 Å². The maximum Gasteiger partial charge on any atom is 0.410 e. The average Bonchev–Trinajstić information content (AvgIpc) is 2.70. The fourth-order valence-corrected chi connectivity index (χ4v) is 4.63. The van der Waals surface area contributed by atoms with Gasteiger partial charge in [-0.05, 0) is 30.9 Å². The summed E-state index contributed by atoms with van der Waals surface area (Å²) in [5.41, 5.74) is -1.06. The molecule has 4 nitrogen and oxygen atoms in total. The first-order valence-corrected chi connectivity index (χ1v) is 9.74. The van der Waals surface area contributed by atoms with Gasteiger partial charge in [-0.25, -0.2) is 18.0 Å². The zero-order valence-electron chi connectivity index (χ0n) is 15.8. The normalized spacial score (nSPS) is 26.3. The quantitative estimate of drug-likeness (QED) is 0.757. The van der Waals surface area contributed by atoms with Gasteiger partial charge in [0.25, 0.3) is 0 Å². The van der Waals surface area contributed by atoms with Gasteiger partial charge in [0.05, 0.1) is 5.60 Å². The smallest absolute Gasteiger partial charge is 0.410 e. The Morgan fingerprint density at radius 2 is 1.69 bits per heavy atom. The number of nitrogens with zero attached hydrogens (tertiary/aromatic N) is 1. The fourth-order valence-electron chi connectivity index (χ4n) is 4.63. The second kappa shape index (κ2) is 7.71. The summed E-state index contributed by atoms with van der Waals surface area (Å²) >= 11 is 0. The van der Waals surface area contributed by atoms with Crippen LogP contribution in [-0.2, 0) is 16.9 Å². The standard InChI is InChI=1S/C22H22F3NO3/c23-18-10-9-17(19(24)20(18)25)22(28)11-15-7-4-8-16(12-22)26(15)21(27)29-13-14-5-2-1-3-6-14/h1-3,5-6,9-10,15-16,28H,4,7-8,11-13H2. The van der Waals surface area contributed by atoms with Crippen LogP contribution in [0.3, 0.4) is 0 Å². The molecule has 2 fully saturated rings. The van der Waals surface area contributed by atoms with Crippen molar-refractivity contribution in [3.8, 4) is 0 Å². The Morgan fingerprint density at radius 1 is 1.03 bits per heavy atom. The molecule has 7 heteroatoms. The molecule has 1 N–H and O–H groups in total. The Bertz CT molecular complexity index is 892. The number of aliphatic hydroxyl groups is 1. The minimum Gasteiger partial charge on any atom is -0.445 e. The van der Waals surface area contributed by atoms with Gasteiger partial charge in [-0.1, -0.05) is 36.4 Å². The van der Waals surface area contributed by atoms with Crippen LogP contribution in [0.25, 0.3) is 0 Å². The molecule has 2 aromatic carbocycles. The summed E-state index contributed by atoms with van der Waals surface area (Å²) in [6, 6.07) is 10.5. The van der Waals surface area contributed by atoms with Crippen molar-refractivity contribution in [2.75, 3.05) is 0 Å². The lowest BCUT2D eigenvalue weighted by atomic mass is 9.72. The van der Waals surface area contributed by atoms with E-state index >= 15 is 0 Å². The molecule has 4 rings (SSSR count). The Kier molecular flexibility index (Phi) is 5.25. The number of hydrogen-bond acceptors (Lipinski definition) is 3. The molecule has 2 saturated heterocycles. The van der Waals surface area contributed by atoms with E-state index in [1.807, 2.05) is 30.3 Å². The number of carbonyl (C=O) groups is 1. The maximum absolute atomic E-state index is 14.4. The van der Waals surface area contributed by atoms with Gasteiger partial charge in [-0.15, -0.1) is 0 Å². The molecule has 2 bridgehead atoms. The molecule has 1 amide bonds. The van der Waals surface area contributed by atoms with E-state index in [1.165, 1.54) is 0 Å². The molecule has 0 radical (unpaired) electrons. The van der Waals surface area contributed by atoms with Crippen molar-refractivity contribution in [2.45, 2.75) is 56.4 Å². The zero-order chi connectivity index (χ0) is 20.6. The van der Waals surface area contributed by atoms with E-state index in [0.717, 1.165) is 24.1 Å². The van der Waals surface area contributed by atoms with Crippen molar-refractivity contribution >= 4 is 6.09 Å². The third kappa shape index (κ3) is 3.71. The largest absolute Gasteiger partial charge is 0.445 e. The Labute approximate surface area is 166 Å². The van der Waals surface area contributed by atoms with Crippen LogP contribution >= 0.6 is 0 Å². The van der Waals surface area contributed by atoms with Crippen molar-refractivity contribution < 1.29 is 27.8 Å². The fraction of sp³-hybridized carbons (Fsp3) is 0.409. The number of ether oxygens (including phenoxy) is 1. The third-order valence-corrected chi connectivity index (χ3v) is 5.96. The number of piperidine rings is 2. The predicted octanol–water partition coefficient (Wildman–Crippen LogP) is 4.65. The summed E-state index contributed by atoms with van der Waals surface area (Å²) in [5, 5.41) is 11.1. The number of fused-ring (bicyclic) bond motifs is 2. The molecule has 2 aliphatic rings. The van der Waals surface area contributed by atoms with Gasteiger partial charge in [-0.3, -0.25) is 0 Å². The maximum atomic E-state index is 14.4. The molecule has 0 spiro atoms. The van der Waals surface area contributed by atoms with E-state index < -0.39 is 29.1 Å². The van der Waals surface area contributed by atoms with Crippen LogP contribution in [0, 0.1) is 17.5 Å². The highest BCUT2D eigenvalue weighted by Gasteiger charge is 2.49. The van der Waals surface area contributed by atoms with Gasteiger partial charge in [-0.2, -0.15) is 0 Å². The average molecular weight is 405 g/mol. The summed E-state index contributed by atoms with van der Waals surface area (Å²) in [6.07, 6.45) is 1.75. The lowest BCUT2D eigenvalue weighted by molar-refractivity contribution is -0.0914. The van der Waals surface area contributed by atoms with Gasteiger partial charge in [0.2, 0.25) is 0 Å². The van der Waals surface area contributed by atoms with Crippen molar-refractivity contribution in [1.82, 2.24) is 4.90 Å². The SMILES string of the molecule is O=C(OCc1ccccc1)N1C2CCCC1CC(O)(c1ccc(F)c(F)c1F)C2. The summed E-state index contributed by atoms with van der Waals surface area (Å²) in [4.78, 5) is 14.4. The van der Waals surface area contributed by atoms with Crippen LogP contribution < -0.4 is 0 Å². The summed E-state index contributed by atoms with van der Waals surface area (Å²) in [5.74, 6) is -4.26. The van der Waals surface area contributed by atoms with Crippen LogP contribution in [-0.4, -0.2) is 28.2 Å². The highest BCUT2D eigenvalue weighted by Crippen LogP contribution is 2.45. The first kappa shape index (κ1) is 19.8. The molecule has 2 aliphatic heterocycles. The molecule has 0 saturated carbocycles. The molecule has 2 aromatic rings. The Balaban J connectivity index is 1.53. The minimum absolute atomic E-state index is 0.0475. The van der Waals surface area contributed by atoms with E-state index in [9.17, 15) is 23.1 Å². The molecule has 2 unspecified atom stereocenters. The minimum atomic E-state index is -1.66. The topological polar surface area (TPSA) is 49.8 Å². The van der Waals surface area contributed by atoms with E-state index in [0.29, 0.717) is 12.8 Å². The van der Waals surface area contributed by atoms with Crippen molar-refractivity contribution in [1.29, 1.82) is 0 Å².